The van der Waals surface area contributed by atoms with E-state index in [0.29, 0.717) is 12.3 Å². The average molecular weight is 282 g/mol. The lowest BCUT2D eigenvalue weighted by molar-refractivity contribution is 0.0496. The van der Waals surface area contributed by atoms with Gasteiger partial charge in [-0.05, 0) is 30.3 Å². The number of anilines is 1. The maximum absolute atomic E-state index is 6.17. The van der Waals surface area contributed by atoms with Crippen molar-refractivity contribution in [2.45, 2.75) is 45.0 Å². The normalized spacial score (nSPS) is 14.4. The first kappa shape index (κ1) is 16.1. The van der Waals surface area contributed by atoms with Crippen molar-refractivity contribution in [3.8, 4) is 0 Å². The van der Waals surface area contributed by atoms with E-state index in [1.165, 1.54) is 0 Å². The van der Waals surface area contributed by atoms with E-state index < -0.39 is 8.32 Å². The van der Waals surface area contributed by atoms with Crippen LogP contribution in [-0.4, -0.2) is 27.0 Å². The Balaban J connectivity index is 2.74. The number of ether oxygens (including phenoxy) is 1. The third-order valence-electron chi connectivity index (χ3n) is 3.82. The van der Waals surface area contributed by atoms with Crippen LogP contribution in [-0.2, 0) is 9.16 Å². The van der Waals surface area contributed by atoms with Crippen LogP contribution < -0.4 is 5.73 Å². The molecule has 0 aliphatic heterocycles. The van der Waals surface area contributed by atoms with Crippen molar-refractivity contribution < 1.29 is 9.16 Å². The van der Waals surface area contributed by atoms with Crippen LogP contribution in [0.25, 0.3) is 0 Å². The summed E-state index contributed by atoms with van der Waals surface area (Å²) in [5.41, 5.74) is 7.29. The van der Waals surface area contributed by atoms with Crippen molar-refractivity contribution >= 4 is 14.0 Å². The second kappa shape index (κ2) is 6.03. The van der Waals surface area contributed by atoms with Crippen molar-refractivity contribution in [1.82, 2.24) is 4.98 Å². The number of hydrogen-bond donors (Lipinski definition) is 1. The molecule has 0 radical (unpaired) electrons. The second-order valence-electron chi connectivity index (χ2n) is 6.31. The van der Waals surface area contributed by atoms with Crippen molar-refractivity contribution in [3.05, 3.63) is 24.0 Å². The zero-order valence-electron chi connectivity index (χ0n) is 12.9. The fourth-order valence-corrected chi connectivity index (χ4v) is 2.42. The smallest absolute Gasteiger partial charge is 0.192 e. The van der Waals surface area contributed by atoms with Gasteiger partial charge < -0.3 is 14.9 Å². The Morgan fingerprint density at radius 3 is 2.47 bits per heavy atom. The minimum Gasteiger partial charge on any atom is -0.414 e. The quantitative estimate of drug-likeness (QED) is 0.841. The molecule has 1 atom stereocenters. The van der Waals surface area contributed by atoms with Crippen LogP contribution in [0.1, 0.15) is 32.6 Å². The van der Waals surface area contributed by atoms with E-state index in [0.717, 1.165) is 5.69 Å². The van der Waals surface area contributed by atoms with E-state index in [4.69, 9.17) is 14.9 Å². The lowest BCUT2D eigenvalue weighted by Crippen LogP contribution is -2.41. The summed E-state index contributed by atoms with van der Waals surface area (Å²) < 4.78 is 11.7. The van der Waals surface area contributed by atoms with Gasteiger partial charge in [-0.15, -0.1) is 0 Å². The molecule has 0 saturated carbocycles. The maximum Gasteiger partial charge on any atom is 0.192 e. The van der Waals surface area contributed by atoms with Gasteiger partial charge in [-0.2, -0.15) is 0 Å². The number of pyridine rings is 1. The van der Waals surface area contributed by atoms with Gasteiger partial charge in [0.25, 0.3) is 0 Å². The van der Waals surface area contributed by atoms with Gasteiger partial charge in [-0.3, -0.25) is 4.98 Å². The molecule has 0 saturated heterocycles. The van der Waals surface area contributed by atoms with Crippen LogP contribution >= 0.6 is 0 Å². The molecule has 5 heteroatoms. The summed E-state index contributed by atoms with van der Waals surface area (Å²) in [5, 5.41) is 0.189. The Kier molecular flexibility index (Phi) is 5.12. The highest BCUT2D eigenvalue weighted by atomic mass is 28.4. The van der Waals surface area contributed by atoms with Gasteiger partial charge in [0.1, 0.15) is 6.10 Å². The van der Waals surface area contributed by atoms with Gasteiger partial charge in [0.15, 0.2) is 8.32 Å². The summed E-state index contributed by atoms with van der Waals surface area (Å²) in [6.45, 7) is 11.6. The SMILES string of the molecule is CO[C@@H](CO[Si](C)(C)C(C)(C)C)c1cc(N)ccn1. The molecule has 0 aliphatic carbocycles. The maximum atomic E-state index is 6.17. The fourth-order valence-electron chi connectivity index (χ4n) is 1.42. The zero-order valence-corrected chi connectivity index (χ0v) is 13.9. The van der Waals surface area contributed by atoms with Crippen LogP contribution in [0.3, 0.4) is 0 Å². The molecular weight excluding hydrogens is 256 g/mol. The lowest BCUT2D eigenvalue weighted by Gasteiger charge is -2.37. The predicted octanol–water partition coefficient (Wildman–Crippen LogP) is 3.37. The van der Waals surface area contributed by atoms with Gasteiger partial charge in [0.2, 0.25) is 0 Å². The molecule has 0 aromatic carbocycles. The number of nitrogens with two attached hydrogens (primary N) is 1. The van der Waals surface area contributed by atoms with E-state index in [-0.39, 0.29) is 11.1 Å². The highest BCUT2D eigenvalue weighted by Crippen LogP contribution is 2.37. The summed E-state index contributed by atoms with van der Waals surface area (Å²) in [6, 6.07) is 3.61. The predicted molar refractivity (Wildman–Crippen MR) is 81.5 cm³/mol. The summed E-state index contributed by atoms with van der Waals surface area (Å²) >= 11 is 0. The molecule has 2 N–H and O–H groups in total. The topological polar surface area (TPSA) is 57.4 Å². The van der Waals surface area contributed by atoms with Gasteiger partial charge in [-0.25, -0.2) is 0 Å². The van der Waals surface area contributed by atoms with E-state index in [9.17, 15) is 0 Å². The van der Waals surface area contributed by atoms with Crippen LogP contribution in [0.4, 0.5) is 5.69 Å². The van der Waals surface area contributed by atoms with Gasteiger partial charge in [0, 0.05) is 19.0 Å². The lowest BCUT2D eigenvalue weighted by atomic mass is 10.2. The number of hydrogen-bond acceptors (Lipinski definition) is 4. The summed E-state index contributed by atoms with van der Waals surface area (Å²) in [6.07, 6.45) is 1.53. The molecule has 0 amide bonds. The minimum absolute atomic E-state index is 0.169. The Labute approximate surface area is 117 Å². The summed E-state index contributed by atoms with van der Waals surface area (Å²) in [5.74, 6) is 0. The van der Waals surface area contributed by atoms with Crippen molar-refractivity contribution in [1.29, 1.82) is 0 Å². The van der Waals surface area contributed by atoms with E-state index in [2.05, 4.69) is 38.8 Å². The van der Waals surface area contributed by atoms with Crippen molar-refractivity contribution in [2.24, 2.45) is 0 Å². The molecule has 108 valence electrons. The van der Waals surface area contributed by atoms with Gasteiger partial charge >= 0.3 is 0 Å². The first-order chi connectivity index (χ1) is 8.67. The van der Waals surface area contributed by atoms with Crippen LogP contribution in [0.15, 0.2) is 18.3 Å². The van der Waals surface area contributed by atoms with Gasteiger partial charge in [0.05, 0.1) is 12.3 Å². The Morgan fingerprint density at radius 2 is 2.00 bits per heavy atom. The van der Waals surface area contributed by atoms with Crippen LogP contribution in [0, 0.1) is 0 Å². The molecule has 0 unspecified atom stereocenters. The molecule has 0 bridgehead atoms. The molecular formula is C14H26N2O2Si. The van der Waals surface area contributed by atoms with Gasteiger partial charge in [-0.1, -0.05) is 20.8 Å². The minimum atomic E-state index is -1.77. The number of nitrogens with zero attached hydrogens (tertiary/aromatic N) is 1. The van der Waals surface area contributed by atoms with Crippen molar-refractivity contribution in [3.63, 3.8) is 0 Å². The van der Waals surface area contributed by atoms with Crippen LogP contribution in [0.2, 0.25) is 18.1 Å². The van der Waals surface area contributed by atoms with Crippen LogP contribution in [0.5, 0.6) is 0 Å². The highest BCUT2D eigenvalue weighted by molar-refractivity contribution is 6.74. The molecule has 1 aromatic rings. The Morgan fingerprint density at radius 1 is 1.37 bits per heavy atom. The highest BCUT2D eigenvalue weighted by Gasteiger charge is 2.37. The first-order valence-corrected chi connectivity index (χ1v) is 9.46. The summed E-state index contributed by atoms with van der Waals surface area (Å²) in [4.78, 5) is 4.30. The second-order valence-corrected chi connectivity index (χ2v) is 11.1. The molecule has 1 aromatic heterocycles. The largest absolute Gasteiger partial charge is 0.414 e. The monoisotopic (exact) mass is 282 g/mol. The van der Waals surface area contributed by atoms with Crippen molar-refractivity contribution in [2.75, 3.05) is 19.5 Å². The third-order valence-corrected chi connectivity index (χ3v) is 8.32. The molecule has 0 fully saturated rings. The first-order valence-electron chi connectivity index (χ1n) is 6.55. The zero-order chi connectivity index (χ0) is 14.7. The molecule has 1 heterocycles. The standard InChI is InChI=1S/C14H26N2O2Si/c1-14(2,3)19(5,6)18-10-13(17-4)12-9-11(15)7-8-16-12/h7-9,13H,10H2,1-6H3,(H2,15,16)/t13-/m0/s1. The molecule has 0 spiro atoms. The molecule has 4 nitrogen and oxygen atoms in total. The average Bonchev–Trinajstić information content (AvgIpc) is 2.28. The number of nitrogen functional groups attached to an aromatic ring is 1. The molecule has 19 heavy (non-hydrogen) atoms. The fraction of sp³-hybridized carbons (Fsp3) is 0.643. The summed E-state index contributed by atoms with van der Waals surface area (Å²) in [7, 11) is -0.0983. The number of rotatable bonds is 5. The Bertz CT molecular complexity index is 416. The van der Waals surface area contributed by atoms with E-state index in [1.54, 1.807) is 19.4 Å². The Hall–Kier alpha value is -0.913. The third kappa shape index (κ3) is 4.30. The van der Waals surface area contributed by atoms with E-state index >= 15 is 0 Å². The van der Waals surface area contributed by atoms with E-state index in [1.807, 2.05) is 6.07 Å². The molecule has 0 aliphatic rings. The number of aromatic nitrogens is 1. The number of methoxy groups -OCH3 is 1. The molecule has 1 rings (SSSR count).